The van der Waals surface area contributed by atoms with Gasteiger partial charge in [-0.15, -0.1) is 0 Å². The monoisotopic (exact) mass is 426 g/mol. The van der Waals surface area contributed by atoms with E-state index in [1.54, 1.807) is 42.6 Å². The Morgan fingerprint density at radius 2 is 1.76 bits per heavy atom. The van der Waals surface area contributed by atoms with Gasteiger partial charge in [0.15, 0.2) is 0 Å². The first-order valence-electron chi connectivity index (χ1n) is 8.98. The number of carbonyl (C=O) groups excluding carboxylic acids is 2. The van der Waals surface area contributed by atoms with Crippen molar-refractivity contribution in [2.24, 2.45) is 0 Å². The third-order valence-electron chi connectivity index (χ3n) is 3.95. The van der Waals surface area contributed by atoms with Gasteiger partial charge in [-0.1, -0.05) is 65.8 Å². The maximum atomic E-state index is 12.5. The molecule has 0 atom stereocenters. The molecule has 0 aliphatic carbocycles. The maximum absolute atomic E-state index is 12.5. The Balaban J connectivity index is 1.54. The number of nitrogens with zero attached hydrogens (tertiary/aromatic N) is 1. The Hall–Kier alpha value is -2.83. The molecule has 1 amide bonds. The molecule has 0 unspecified atom stereocenters. The quantitative estimate of drug-likeness (QED) is 0.328. The molecule has 0 radical (unpaired) electrons. The van der Waals surface area contributed by atoms with Crippen LogP contribution < -0.4 is 10.1 Å². The zero-order valence-electron chi connectivity index (χ0n) is 15.5. The first-order valence-corrected chi connectivity index (χ1v) is 10.3. The first kappa shape index (κ1) is 20.9. The van der Waals surface area contributed by atoms with Crippen molar-refractivity contribution in [2.75, 3.05) is 12.3 Å². The van der Waals surface area contributed by atoms with E-state index in [1.807, 2.05) is 30.3 Å². The highest BCUT2D eigenvalue weighted by molar-refractivity contribution is 8.00. The van der Waals surface area contributed by atoms with Crippen LogP contribution in [0.25, 0.3) is 0 Å². The third-order valence-corrected chi connectivity index (χ3v) is 5.27. The Kier molecular flexibility index (Phi) is 7.67. The SMILES string of the molecule is O=C(CSc1ncccc1C(=O)Oc1ccccc1Cl)NCCc1ccccc1. The molecule has 2 aromatic carbocycles. The molecule has 1 aromatic heterocycles. The predicted octanol–water partition coefficient (Wildman–Crippen LogP) is 4.41. The van der Waals surface area contributed by atoms with E-state index in [2.05, 4.69) is 10.3 Å². The van der Waals surface area contributed by atoms with E-state index in [0.29, 0.717) is 16.6 Å². The number of hydrogen-bond acceptors (Lipinski definition) is 5. The summed E-state index contributed by atoms with van der Waals surface area (Å²) < 4.78 is 5.37. The van der Waals surface area contributed by atoms with E-state index >= 15 is 0 Å². The Morgan fingerprint density at radius 1 is 1.00 bits per heavy atom. The van der Waals surface area contributed by atoms with Gasteiger partial charge in [0.1, 0.15) is 10.8 Å². The zero-order chi connectivity index (χ0) is 20.5. The minimum atomic E-state index is -0.571. The fourth-order valence-corrected chi connectivity index (χ4v) is 3.51. The number of rotatable bonds is 8. The first-order chi connectivity index (χ1) is 14.1. The van der Waals surface area contributed by atoms with Crippen LogP contribution in [0, 0.1) is 0 Å². The number of hydrogen-bond donors (Lipinski definition) is 1. The summed E-state index contributed by atoms with van der Waals surface area (Å²) in [5.74, 6) is -0.268. The van der Waals surface area contributed by atoms with Gasteiger partial charge in [-0.05, 0) is 36.2 Å². The van der Waals surface area contributed by atoms with E-state index in [9.17, 15) is 9.59 Å². The van der Waals surface area contributed by atoms with Gasteiger partial charge in [0.05, 0.1) is 16.3 Å². The fraction of sp³-hybridized carbons (Fsp3) is 0.136. The van der Waals surface area contributed by atoms with Crippen LogP contribution in [0.15, 0.2) is 78.0 Å². The number of para-hydroxylation sites is 1. The van der Waals surface area contributed by atoms with E-state index in [1.165, 1.54) is 11.8 Å². The van der Waals surface area contributed by atoms with Crippen molar-refractivity contribution >= 4 is 35.2 Å². The van der Waals surface area contributed by atoms with Crippen LogP contribution in [0.4, 0.5) is 0 Å². The largest absolute Gasteiger partial charge is 0.421 e. The molecule has 0 bridgehead atoms. The number of carbonyl (C=O) groups is 2. The molecule has 29 heavy (non-hydrogen) atoms. The third kappa shape index (κ3) is 6.34. The molecular formula is C22H19ClN2O3S. The van der Waals surface area contributed by atoms with Crippen LogP contribution >= 0.6 is 23.4 Å². The van der Waals surface area contributed by atoms with Crippen molar-refractivity contribution in [1.29, 1.82) is 0 Å². The van der Waals surface area contributed by atoms with Gasteiger partial charge in [-0.25, -0.2) is 9.78 Å². The molecule has 0 fully saturated rings. The van der Waals surface area contributed by atoms with E-state index in [-0.39, 0.29) is 23.0 Å². The average molecular weight is 427 g/mol. The van der Waals surface area contributed by atoms with Gasteiger partial charge >= 0.3 is 5.97 Å². The van der Waals surface area contributed by atoms with Crippen molar-refractivity contribution in [1.82, 2.24) is 10.3 Å². The highest BCUT2D eigenvalue weighted by Gasteiger charge is 2.17. The Morgan fingerprint density at radius 3 is 2.55 bits per heavy atom. The molecule has 0 saturated carbocycles. The summed E-state index contributed by atoms with van der Waals surface area (Å²) in [5.41, 5.74) is 1.45. The van der Waals surface area contributed by atoms with Crippen LogP contribution in [0.3, 0.4) is 0 Å². The summed E-state index contributed by atoms with van der Waals surface area (Å²) in [5, 5.41) is 3.65. The Labute approximate surface area is 178 Å². The average Bonchev–Trinajstić information content (AvgIpc) is 2.75. The van der Waals surface area contributed by atoms with Crippen LogP contribution in [0.5, 0.6) is 5.75 Å². The molecule has 0 spiro atoms. The van der Waals surface area contributed by atoms with Gasteiger partial charge in [0.2, 0.25) is 5.91 Å². The molecule has 7 heteroatoms. The second-order valence-electron chi connectivity index (χ2n) is 6.05. The topological polar surface area (TPSA) is 68.3 Å². The van der Waals surface area contributed by atoms with Gasteiger partial charge in [-0.2, -0.15) is 0 Å². The summed E-state index contributed by atoms with van der Waals surface area (Å²) in [6, 6.07) is 19.9. The molecule has 0 aliphatic heterocycles. The molecule has 148 valence electrons. The number of thioether (sulfide) groups is 1. The van der Waals surface area contributed by atoms with Gasteiger partial charge in [0.25, 0.3) is 0 Å². The molecule has 1 N–H and O–H groups in total. The standard InChI is InChI=1S/C22H19ClN2O3S/c23-18-10-4-5-11-19(18)28-22(27)17-9-6-13-25-21(17)29-15-20(26)24-14-12-16-7-2-1-3-8-16/h1-11,13H,12,14-15H2,(H,24,26). The van der Waals surface area contributed by atoms with E-state index in [0.717, 1.165) is 12.0 Å². The fourth-order valence-electron chi connectivity index (χ4n) is 2.52. The summed E-state index contributed by atoms with van der Waals surface area (Å²) in [4.78, 5) is 28.9. The minimum Gasteiger partial charge on any atom is -0.421 e. The molecule has 1 heterocycles. The van der Waals surface area contributed by atoms with Crippen LogP contribution in [-0.2, 0) is 11.2 Å². The second-order valence-corrected chi connectivity index (χ2v) is 7.42. The molecular weight excluding hydrogens is 408 g/mol. The van der Waals surface area contributed by atoms with Crippen molar-refractivity contribution < 1.29 is 14.3 Å². The number of aromatic nitrogens is 1. The number of nitrogens with one attached hydrogen (secondary N) is 1. The molecule has 5 nitrogen and oxygen atoms in total. The smallest absolute Gasteiger partial charge is 0.346 e. The molecule has 3 aromatic rings. The molecule has 0 saturated heterocycles. The minimum absolute atomic E-state index is 0.123. The molecule has 0 aliphatic rings. The number of benzene rings is 2. The molecule has 3 rings (SSSR count). The van der Waals surface area contributed by atoms with Crippen molar-refractivity contribution in [3.8, 4) is 5.75 Å². The van der Waals surface area contributed by atoms with E-state index in [4.69, 9.17) is 16.3 Å². The van der Waals surface area contributed by atoms with Crippen molar-refractivity contribution in [2.45, 2.75) is 11.4 Å². The predicted molar refractivity (Wildman–Crippen MR) is 115 cm³/mol. The summed E-state index contributed by atoms with van der Waals surface area (Å²) in [6.07, 6.45) is 2.33. The lowest BCUT2D eigenvalue weighted by Crippen LogP contribution is -2.27. The summed E-state index contributed by atoms with van der Waals surface area (Å²) in [6.45, 7) is 0.549. The highest BCUT2D eigenvalue weighted by atomic mass is 35.5. The van der Waals surface area contributed by atoms with Gasteiger partial charge in [-0.3, -0.25) is 4.79 Å². The van der Waals surface area contributed by atoms with Gasteiger partial charge < -0.3 is 10.1 Å². The second kappa shape index (κ2) is 10.6. The lowest BCUT2D eigenvalue weighted by atomic mass is 10.1. The zero-order valence-corrected chi connectivity index (χ0v) is 17.1. The van der Waals surface area contributed by atoms with Crippen LogP contribution in [0.2, 0.25) is 5.02 Å². The van der Waals surface area contributed by atoms with Crippen molar-refractivity contribution in [3.63, 3.8) is 0 Å². The lowest BCUT2D eigenvalue weighted by molar-refractivity contribution is -0.118. The maximum Gasteiger partial charge on any atom is 0.346 e. The summed E-state index contributed by atoms with van der Waals surface area (Å²) >= 11 is 7.23. The lowest BCUT2D eigenvalue weighted by Gasteiger charge is -2.09. The van der Waals surface area contributed by atoms with Crippen LogP contribution in [-0.4, -0.2) is 29.2 Å². The number of ether oxygens (including phenoxy) is 1. The normalized spacial score (nSPS) is 10.4. The van der Waals surface area contributed by atoms with Gasteiger partial charge in [0, 0.05) is 12.7 Å². The number of amides is 1. The number of pyridine rings is 1. The Bertz CT molecular complexity index is 983. The number of esters is 1. The highest BCUT2D eigenvalue weighted by Crippen LogP contribution is 2.26. The van der Waals surface area contributed by atoms with Crippen molar-refractivity contribution in [3.05, 3.63) is 89.1 Å². The number of halogens is 1. The van der Waals surface area contributed by atoms with Crippen LogP contribution in [0.1, 0.15) is 15.9 Å². The van der Waals surface area contributed by atoms with E-state index < -0.39 is 5.97 Å². The summed E-state index contributed by atoms with van der Waals surface area (Å²) in [7, 11) is 0.